The van der Waals surface area contributed by atoms with Crippen LogP contribution in [0.1, 0.15) is 5.56 Å². The maximum atomic E-state index is 12.9. The molecule has 0 spiro atoms. The van der Waals surface area contributed by atoms with Gasteiger partial charge in [-0.2, -0.15) is 18.3 Å². The molecule has 136 valence electrons. The molecule has 3 aromatic rings. The lowest BCUT2D eigenvalue weighted by Crippen LogP contribution is -2.27. The number of carbonyl (C=O) groups excluding carboxylic acids is 1. The Morgan fingerprint density at radius 1 is 1.31 bits per heavy atom. The highest BCUT2D eigenvalue weighted by Crippen LogP contribution is 2.35. The van der Waals surface area contributed by atoms with Gasteiger partial charge in [-0.15, -0.1) is 0 Å². The Labute approximate surface area is 152 Å². The van der Waals surface area contributed by atoms with Crippen molar-refractivity contribution >= 4 is 32.9 Å². The Kier molecular flexibility index (Phi) is 4.57. The number of hydrogen-bond donors (Lipinski definition) is 0. The number of aromatic nitrogens is 4. The highest BCUT2D eigenvalue weighted by atomic mass is 79.9. The minimum Gasteiger partial charge on any atom is -0.425 e. The fourth-order valence-electron chi connectivity index (χ4n) is 2.33. The second-order valence-corrected chi connectivity index (χ2v) is 6.01. The van der Waals surface area contributed by atoms with Gasteiger partial charge in [-0.25, -0.2) is 14.5 Å². The molecule has 2 heterocycles. The molecule has 0 fully saturated rings. The topological polar surface area (TPSA) is 79.0 Å². The van der Waals surface area contributed by atoms with Crippen molar-refractivity contribution in [1.29, 1.82) is 0 Å². The molecule has 0 radical (unpaired) electrons. The lowest BCUT2D eigenvalue weighted by atomic mass is 10.2. The summed E-state index contributed by atoms with van der Waals surface area (Å²) in [5.41, 5.74) is -1.35. The van der Waals surface area contributed by atoms with Crippen LogP contribution in [-0.2, 0) is 24.6 Å². The van der Waals surface area contributed by atoms with E-state index in [4.69, 9.17) is 4.74 Å². The van der Waals surface area contributed by atoms with Gasteiger partial charge in [0.25, 0.3) is 5.56 Å². The molecule has 0 N–H and O–H groups in total. The Morgan fingerprint density at radius 3 is 2.69 bits per heavy atom. The Morgan fingerprint density at radius 2 is 2.00 bits per heavy atom. The van der Waals surface area contributed by atoms with E-state index in [2.05, 4.69) is 26.0 Å². The molecule has 7 nitrogen and oxygen atoms in total. The average Bonchev–Trinajstić information content (AvgIpc) is 2.84. The van der Waals surface area contributed by atoms with Gasteiger partial charge in [-0.3, -0.25) is 9.36 Å². The SMILES string of the molecule is Cn1nc(Br)c2c(=O)n(CC(=O)Oc3ccccc3C(F)(F)F)cnc21. The van der Waals surface area contributed by atoms with E-state index < -0.39 is 35.6 Å². The van der Waals surface area contributed by atoms with Gasteiger partial charge < -0.3 is 4.74 Å². The fourth-order valence-corrected chi connectivity index (χ4v) is 2.92. The molecule has 0 aliphatic carbocycles. The smallest absolute Gasteiger partial charge is 0.419 e. The zero-order chi connectivity index (χ0) is 19.1. The van der Waals surface area contributed by atoms with E-state index in [1.165, 1.54) is 16.8 Å². The lowest BCUT2D eigenvalue weighted by Gasteiger charge is -2.12. The van der Waals surface area contributed by atoms with E-state index in [9.17, 15) is 22.8 Å². The maximum absolute atomic E-state index is 12.9. The van der Waals surface area contributed by atoms with Crippen LogP contribution in [0.25, 0.3) is 11.0 Å². The standard InChI is InChI=1S/C15H10BrF3N4O3/c1-22-13-11(12(16)21-22)14(25)23(7-20-13)6-10(24)26-9-5-3-2-4-8(9)15(17,18)19/h2-5,7H,6H2,1H3. The first-order valence-corrected chi connectivity index (χ1v) is 7.92. The number of benzene rings is 1. The number of carbonyl (C=O) groups is 1. The highest BCUT2D eigenvalue weighted by Gasteiger charge is 2.34. The van der Waals surface area contributed by atoms with Gasteiger partial charge in [-0.1, -0.05) is 12.1 Å². The van der Waals surface area contributed by atoms with Gasteiger partial charge in [0.15, 0.2) is 5.65 Å². The quantitative estimate of drug-likeness (QED) is 0.471. The summed E-state index contributed by atoms with van der Waals surface area (Å²) in [6.45, 7) is -0.602. The van der Waals surface area contributed by atoms with Crippen LogP contribution >= 0.6 is 15.9 Å². The van der Waals surface area contributed by atoms with Crippen molar-refractivity contribution in [2.24, 2.45) is 7.05 Å². The Balaban J connectivity index is 1.88. The molecular formula is C15H10BrF3N4O3. The molecule has 26 heavy (non-hydrogen) atoms. The minimum atomic E-state index is -4.67. The van der Waals surface area contributed by atoms with Crippen LogP contribution in [0.3, 0.4) is 0 Å². The van der Waals surface area contributed by atoms with Gasteiger partial charge in [0, 0.05) is 7.05 Å². The van der Waals surface area contributed by atoms with Crippen LogP contribution in [-0.4, -0.2) is 25.3 Å². The monoisotopic (exact) mass is 430 g/mol. The highest BCUT2D eigenvalue weighted by molar-refractivity contribution is 9.10. The van der Waals surface area contributed by atoms with E-state index in [0.717, 1.165) is 23.0 Å². The third-order valence-electron chi connectivity index (χ3n) is 3.48. The maximum Gasteiger partial charge on any atom is 0.419 e. The number of hydrogen-bond acceptors (Lipinski definition) is 5. The van der Waals surface area contributed by atoms with Gasteiger partial charge >= 0.3 is 12.1 Å². The summed E-state index contributed by atoms with van der Waals surface area (Å²) >= 11 is 3.13. The van der Waals surface area contributed by atoms with Crippen LogP contribution in [0.5, 0.6) is 5.75 Å². The molecule has 0 atom stereocenters. The number of esters is 1. The third kappa shape index (κ3) is 3.34. The van der Waals surface area contributed by atoms with E-state index in [0.29, 0.717) is 5.65 Å². The molecule has 0 aliphatic heterocycles. The van der Waals surface area contributed by atoms with Crippen molar-refractivity contribution in [2.75, 3.05) is 0 Å². The summed E-state index contributed by atoms with van der Waals surface area (Å²) in [5.74, 6) is -1.67. The number of ether oxygens (including phenoxy) is 1. The lowest BCUT2D eigenvalue weighted by molar-refractivity contribution is -0.142. The van der Waals surface area contributed by atoms with E-state index in [1.54, 1.807) is 7.05 Å². The fraction of sp³-hybridized carbons (Fsp3) is 0.200. The molecule has 0 saturated heterocycles. The van der Waals surface area contributed by atoms with Crippen molar-refractivity contribution in [2.45, 2.75) is 12.7 Å². The zero-order valence-electron chi connectivity index (χ0n) is 13.1. The van der Waals surface area contributed by atoms with Crippen LogP contribution in [0.2, 0.25) is 0 Å². The molecule has 1 aromatic carbocycles. The first kappa shape index (κ1) is 18.1. The summed E-state index contributed by atoms with van der Waals surface area (Å²) in [6.07, 6.45) is -3.57. The Bertz CT molecular complexity index is 1060. The first-order chi connectivity index (χ1) is 12.2. The number of halogens is 4. The molecule has 0 bridgehead atoms. The first-order valence-electron chi connectivity index (χ1n) is 7.13. The average molecular weight is 431 g/mol. The summed E-state index contributed by atoms with van der Waals surface area (Å²) in [7, 11) is 1.59. The predicted octanol–water partition coefficient (Wildman–Crippen LogP) is 2.52. The van der Waals surface area contributed by atoms with E-state index >= 15 is 0 Å². The summed E-state index contributed by atoms with van der Waals surface area (Å²) < 4.78 is 46.2. The summed E-state index contributed by atoms with van der Waals surface area (Å²) in [5, 5.41) is 4.15. The van der Waals surface area contributed by atoms with E-state index in [1.807, 2.05) is 0 Å². The van der Waals surface area contributed by atoms with Crippen LogP contribution in [0.15, 0.2) is 40.0 Å². The van der Waals surface area contributed by atoms with Crippen molar-refractivity contribution in [1.82, 2.24) is 19.3 Å². The van der Waals surface area contributed by atoms with Gasteiger partial charge in [0.2, 0.25) is 0 Å². The molecule has 11 heteroatoms. The molecule has 0 aliphatic rings. The van der Waals surface area contributed by atoms with E-state index in [-0.39, 0.29) is 9.99 Å². The number of aryl methyl sites for hydroxylation is 1. The van der Waals surface area contributed by atoms with Crippen molar-refractivity contribution in [3.05, 3.63) is 51.1 Å². The van der Waals surface area contributed by atoms with Gasteiger partial charge in [0.1, 0.15) is 28.6 Å². The largest absolute Gasteiger partial charge is 0.425 e. The Hall–Kier alpha value is -2.69. The number of para-hydroxylation sites is 1. The molecular weight excluding hydrogens is 421 g/mol. The van der Waals surface area contributed by atoms with Crippen molar-refractivity contribution in [3.63, 3.8) is 0 Å². The predicted molar refractivity (Wildman–Crippen MR) is 87.5 cm³/mol. The second kappa shape index (κ2) is 6.56. The normalized spacial score (nSPS) is 11.7. The van der Waals surface area contributed by atoms with Gasteiger partial charge in [-0.05, 0) is 28.1 Å². The summed E-state index contributed by atoms with van der Waals surface area (Å²) in [4.78, 5) is 28.5. The molecule has 0 amide bonds. The van der Waals surface area contributed by atoms with Crippen molar-refractivity contribution < 1.29 is 22.7 Å². The van der Waals surface area contributed by atoms with Gasteiger partial charge in [0.05, 0.1) is 5.56 Å². The van der Waals surface area contributed by atoms with Crippen molar-refractivity contribution in [3.8, 4) is 5.75 Å². The second-order valence-electron chi connectivity index (χ2n) is 5.26. The van der Waals surface area contributed by atoms with Crippen LogP contribution in [0.4, 0.5) is 13.2 Å². The van der Waals surface area contributed by atoms with Crippen LogP contribution < -0.4 is 10.3 Å². The zero-order valence-corrected chi connectivity index (χ0v) is 14.7. The molecule has 3 rings (SSSR count). The number of fused-ring (bicyclic) bond motifs is 1. The van der Waals surface area contributed by atoms with Crippen LogP contribution in [0, 0.1) is 0 Å². The molecule has 2 aromatic heterocycles. The molecule has 0 unspecified atom stereocenters. The number of nitrogens with zero attached hydrogens (tertiary/aromatic N) is 4. The molecule has 0 saturated carbocycles. The minimum absolute atomic E-state index is 0.151. The number of alkyl halides is 3. The number of rotatable bonds is 3. The third-order valence-corrected chi connectivity index (χ3v) is 4.04. The summed E-state index contributed by atoms with van der Waals surface area (Å²) in [6, 6.07) is 4.32.